The summed E-state index contributed by atoms with van der Waals surface area (Å²) < 4.78 is 0. The van der Waals surface area contributed by atoms with Crippen LogP contribution in [0.5, 0.6) is 0 Å². The van der Waals surface area contributed by atoms with Crippen molar-refractivity contribution in [1.82, 2.24) is 27.0 Å². The molecule has 0 aromatic heterocycles. The van der Waals surface area contributed by atoms with Crippen LogP contribution in [-0.4, -0.2) is 86.6 Å². The molecule has 2 saturated heterocycles. The molecule has 4 atom stereocenters. The number of hydroxylamine groups is 1. The zero-order valence-corrected chi connectivity index (χ0v) is 32.7. The van der Waals surface area contributed by atoms with E-state index >= 15 is 0 Å². The number of carbonyl (C=O) groups excluding carboxylic acids is 5. The summed E-state index contributed by atoms with van der Waals surface area (Å²) in [5, 5.41) is 8.14. The van der Waals surface area contributed by atoms with Crippen LogP contribution in [0.25, 0.3) is 5.48 Å². The maximum atomic E-state index is 11.9. The third-order valence-electron chi connectivity index (χ3n) is 10.00. The van der Waals surface area contributed by atoms with Gasteiger partial charge in [-0.05, 0) is 102 Å². The Hall–Kier alpha value is -1.55. The molecule has 3 aliphatic carbocycles. The van der Waals surface area contributed by atoms with Gasteiger partial charge in [0.2, 0.25) is 17.6 Å². The third kappa shape index (κ3) is 12.0. The molecule has 4 unspecified atom stereocenters. The minimum absolute atomic E-state index is 0. The van der Waals surface area contributed by atoms with Gasteiger partial charge in [-0.3, -0.25) is 19.2 Å². The van der Waals surface area contributed by atoms with Crippen LogP contribution in [0.15, 0.2) is 30.3 Å². The Morgan fingerprint density at radius 1 is 1.08 bits per heavy atom. The molecule has 2 aliphatic heterocycles. The van der Waals surface area contributed by atoms with E-state index in [2.05, 4.69) is 68.5 Å². The Bertz CT molecular complexity index is 1210. The fourth-order valence-electron chi connectivity index (χ4n) is 6.83. The minimum Gasteiger partial charge on any atom is -0.525 e. The van der Waals surface area contributed by atoms with E-state index in [-0.39, 0.29) is 99.2 Å². The number of rotatable bonds is 12. The van der Waals surface area contributed by atoms with Crippen LogP contribution in [0.4, 0.5) is 0 Å². The number of Topliss-reactive ketones (excluding diaryl/α,β-unsaturated/α-hetero) is 1. The van der Waals surface area contributed by atoms with Gasteiger partial charge in [0.1, 0.15) is 6.29 Å². The monoisotopic (exact) mass is 694 g/mol. The molecule has 6 rings (SSSR count). The van der Waals surface area contributed by atoms with Crippen LogP contribution in [0, 0.1) is 23.2 Å². The second kappa shape index (κ2) is 20.3. The zero-order chi connectivity index (χ0) is 33.3. The Morgan fingerprint density at radius 2 is 1.73 bits per heavy atom. The molecule has 48 heavy (non-hydrogen) atoms. The van der Waals surface area contributed by atoms with Crippen molar-refractivity contribution in [3.05, 3.63) is 41.4 Å². The van der Waals surface area contributed by atoms with E-state index in [0.717, 1.165) is 37.9 Å². The summed E-state index contributed by atoms with van der Waals surface area (Å²) in [7, 11) is 3.51. The first kappa shape index (κ1) is 42.6. The number of hydrogen-bond acceptors (Lipinski definition) is 8. The SMILES string of the molecule is CN1CCC(c2ccccc2)C1.CO[N-]C(CC1CCNC1=O)C(=O)C(=O)NC(C)C.N.O=CC(NC(=O)C12CC1C2)C1CCCC1.[K+]. The van der Waals surface area contributed by atoms with Crippen molar-refractivity contribution in [2.45, 2.75) is 95.7 Å². The van der Waals surface area contributed by atoms with E-state index in [1.54, 1.807) is 13.8 Å². The summed E-state index contributed by atoms with van der Waals surface area (Å²) in [4.78, 5) is 64.9. The number of aldehydes is 1. The molecular formula is C35H55KN6O6. The molecule has 0 spiro atoms. The van der Waals surface area contributed by atoms with Gasteiger partial charge in [-0.2, -0.15) is 0 Å². The molecule has 1 aromatic carbocycles. The Labute approximate surface area is 328 Å². The van der Waals surface area contributed by atoms with E-state index < -0.39 is 17.7 Å². The quantitative estimate of drug-likeness (QED) is 0.105. The minimum atomic E-state index is -0.933. The largest absolute Gasteiger partial charge is 1.00 e. The first-order chi connectivity index (χ1) is 22.1. The number of hydrogen-bond donors (Lipinski definition) is 4. The van der Waals surface area contributed by atoms with Crippen LogP contribution < -0.4 is 73.5 Å². The van der Waals surface area contributed by atoms with Crippen molar-refractivity contribution in [2.24, 2.45) is 23.2 Å². The van der Waals surface area contributed by atoms with Crippen LogP contribution in [0.2, 0.25) is 0 Å². The van der Waals surface area contributed by atoms with E-state index in [9.17, 15) is 24.0 Å². The second-order valence-corrected chi connectivity index (χ2v) is 13.9. The van der Waals surface area contributed by atoms with Gasteiger partial charge in [0.05, 0.1) is 11.5 Å². The molecule has 12 nitrogen and oxygen atoms in total. The molecule has 13 heteroatoms. The van der Waals surface area contributed by atoms with Crippen molar-refractivity contribution >= 4 is 29.8 Å². The molecule has 262 valence electrons. The summed E-state index contributed by atoms with van der Waals surface area (Å²) in [6.07, 6.45) is 9.84. The summed E-state index contributed by atoms with van der Waals surface area (Å²) in [6.45, 7) is 6.59. The summed E-state index contributed by atoms with van der Waals surface area (Å²) >= 11 is 0. The number of ketones is 1. The smallest absolute Gasteiger partial charge is 0.525 e. The summed E-state index contributed by atoms with van der Waals surface area (Å²) in [5.74, 6) is 0.224. The summed E-state index contributed by atoms with van der Waals surface area (Å²) in [5.41, 5.74) is 5.16. The Balaban J connectivity index is 0.000000250. The van der Waals surface area contributed by atoms with Gasteiger partial charge in [0.15, 0.2) is 0 Å². The van der Waals surface area contributed by atoms with Crippen LogP contribution in [-0.2, 0) is 28.8 Å². The van der Waals surface area contributed by atoms with Crippen molar-refractivity contribution in [2.75, 3.05) is 33.8 Å². The van der Waals surface area contributed by atoms with E-state index in [4.69, 9.17) is 0 Å². The standard InChI is InChI=1S/C12H20N3O4.C12H17NO2.C11H15N.K.H3N/c1-7(2)14-12(18)10(16)9(15-19-3)6-8-4-5-13-11(8)17;14-7-10(8-3-1-2-4-8)13-11(15)12-5-9(12)6-12;1-12-8-7-11(9-12)10-5-3-2-4-6-10;;/h7-9H,4-6H2,1-3H3,(H,13,17)(H,14,18);7-10H,1-6H2,(H,13,15);2-6,11H,7-9H2,1H3;;1H3/q-1;;;+1;. The van der Waals surface area contributed by atoms with Crippen LogP contribution in [0.3, 0.4) is 0 Å². The summed E-state index contributed by atoms with van der Waals surface area (Å²) in [6, 6.07) is 9.56. The number of amides is 3. The Kier molecular flexibility index (Phi) is 18.1. The van der Waals surface area contributed by atoms with Gasteiger partial charge >= 0.3 is 51.4 Å². The predicted molar refractivity (Wildman–Crippen MR) is 180 cm³/mol. The molecule has 5 fully saturated rings. The second-order valence-electron chi connectivity index (χ2n) is 13.9. The molecule has 0 radical (unpaired) electrons. The van der Waals surface area contributed by atoms with Gasteiger partial charge in [-0.15, -0.1) is 0 Å². The van der Waals surface area contributed by atoms with Crippen LogP contribution in [0.1, 0.15) is 83.1 Å². The third-order valence-corrected chi connectivity index (χ3v) is 10.00. The molecule has 3 amide bonds. The van der Waals surface area contributed by atoms with Crippen molar-refractivity contribution in [3.63, 3.8) is 0 Å². The molecule has 6 N–H and O–H groups in total. The Morgan fingerprint density at radius 3 is 2.21 bits per heavy atom. The fourth-order valence-corrected chi connectivity index (χ4v) is 6.83. The van der Waals surface area contributed by atoms with Crippen molar-refractivity contribution in [3.8, 4) is 0 Å². The molecule has 2 heterocycles. The van der Waals surface area contributed by atoms with Gasteiger partial charge in [0, 0.05) is 32.2 Å². The van der Waals surface area contributed by atoms with E-state index in [1.807, 2.05) is 0 Å². The average molecular weight is 695 g/mol. The van der Waals surface area contributed by atoms with E-state index in [0.29, 0.717) is 24.8 Å². The molecular weight excluding hydrogens is 640 g/mol. The number of nitrogens with zero attached hydrogens (tertiary/aromatic N) is 2. The molecule has 0 bridgehead atoms. The maximum absolute atomic E-state index is 11.9. The first-order valence-corrected chi connectivity index (χ1v) is 16.9. The number of carbonyl (C=O) groups is 5. The van der Waals surface area contributed by atoms with Gasteiger partial charge in [-0.25, -0.2) is 0 Å². The number of benzene rings is 1. The van der Waals surface area contributed by atoms with Gasteiger partial charge in [-0.1, -0.05) is 43.2 Å². The first-order valence-electron chi connectivity index (χ1n) is 16.9. The van der Waals surface area contributed by atoms with Gasteiger partial charge < -0.3 is 42.1 Å². The average Bonchev–Trinajstić information content (AvgIpc) is 3.59. The predicted octanol–water partition coefficient (Wildman–Crippen LogP) is 0.452. The van der Waals surface area contributed by atoms with Crippen molar-refractivity contribution in [1.29, 1.82) is 0 Å². The number of nitrogens with one attached hydrogen (secondary N) is 3. The molecule has 5 aliphatic rings. The van der Waals surface area contributed by atoms with E-state index in [1.165, 1.54) is 45.0 Å². The maximum Gasteiger partial charge on any atom is 1.00 e. The number of likely N-dealkylation sites (tertiary alicyclic amines) is 1. The number of likely N-dealkylation sites (N-methyl/N-ethyl adjacent to an activating group) is 1. The molecule has 3 saturated carbocycles. The van der Waals surface area contributed by atoms with Crippen molar-refractivity contribution < 1.29 is 80.2 Å². The normalized spacial score (nSPS) is 26.4. The fraction of sp³-hybridized carbons (Fsp3) is 0.686. The van der Waals surface area contributed by atoms with Crippen LogP contribution >= 0.6 is 0 Å². The topological polar surface area (TPSA) is 183 Å². The van der Waals surface area contributed by atoms with Gasteiger partial charge in [0.25, 0.3) is 5.91 Å². The number of fused-ring (bicyclic) bond motifs is 1. The molecule has 1 aromatic rings. The zero-order valence-electron chi connectivity index (χ0n) is 29.5.